The lowest BCUT2D eigenvalue weighted by Gasteiger charge is -1.99. The molecule has 98 valence electrons. The Morgan fingerprint density at radius 2 is 1.41 bits per heavy atom. The molecule has 0 heterocycles. The molecule has 17 heavy (non-hydrogen) atoms. The van der Waals surface area contributed by atoms with Gasteiger partial charge in [0.25, 0.3) is 0 Å². The molecule has 0 bridgehead atoms. The van der Waals surface area contributed by atoms with Crippen LogP contribution in [0.3, 0.4) is 0 Å². The van der Waals surface area contributed by atoms with Crippen LogP contribution in [0.4, 0.5) is 0 Å². The number of carboxylic acids is 1. The highest BCUT2D eigenvalue weighted by atomic mass is 16.4. The Kier molecular flexibility index (Phi) is 12.2. The van der Waals surface area contributed by atoms with Crippen molar-refractivity contribution in [2.75, 3.05) is 0 Å². The summed E-state index contributed by atoms with van der Waals surface area (Å²) in [5.74, 6) is -0.714. The first-order valence-electron chi connectivity index (χ1n) is 6.75. The smallest absolute Gasteiger partial charge is 0.303 e. The predicted molar refractivity (Wildman–Crippen MR) is 73.1 cm³/mol. The molecule has 0 aromatic carbocycles. The van der Waals surface area contributed by atoms with Gasteiger partial charge in [0.1, 0.15) is 0 Å². The molecule has 0 amide bonds. The van der Waals surface area contributed by atoms with Crippen molar-refractivity contribution in [2.24, 2.45) is 0 Å². The highest BCUT2D eigenvalue weighted by Crippen LogP contribution is 2.09. The maximum Gasteiger partial charge on any atom is 0.303 e. The van der Waals surface area contributed by atoms with Crippen LogP contribution >= 0.6 is 0 Å². The lowest BCUT2D eigenvalue weighted by Crippen LogP contribution is -1.91. The standard InChI is InChI=1S/C15H26O2/c1-2-3-4-5-6-7-8-9-10-11-12-13-14-15(16)17/h2,11-12H,1,3-10,13-14H2,(H,16,17). The third-order valence-corrected chi connectivity index (χ3v) is 2.72. The van der Waals surface area contributed by atoms with E-state index in [1.165, 1.54) is 38.5 Å². The fourth-order valence-electron chi connectivity index (χ4n) is 1.70. The molecular formula is C15H26O2. The number of rotatable bonds is 12. The molecule has 0 aromatic heterocycles. The Bertz CT molecular complexity index is 219. The van der Waals surface area contributed by atoms with E-state index >= 15 is 0 Å². The largest absolute Gasteiger partial charge is 0.481 e. The molecule has 2 nitrogen and oxygen atoms in total. The van der Waals surface area contributed by atoms with E-state index in [9.17, 15) is 4.79 Å². The van der Waals surface area contributed by atoms with Crippen molar-refractivity contribution in [3.63, 3.8) is 0 Å². The molecule has 0 atom stereocenters. The van der Waals surface area contributed by atoms with Gasteiger partial charge in [-0.1, -0.05) is 43.9 Å². The molecule has 0 aliphatic rings. The number of allylic oxidation sites excluding steroid dienone is 3. The highest BCUT2D eigenvalue weighted by molar-refractivity contribution is 5.66. The molecule has 0 rings (SSSR count). The SMILES string of the molecule is C=CCCCCCCCCC=CCCC(=O)O. The van der Waals surface area contributed by atoms with Crippen molar-refractivity contribution in [3.05, 3.63) is 24.8 Å². The van der Waals surface area contributed by atoms with E-state index in [0.29, 0.717) is 6.42 Å². The second-order valence-electron chi connectivity index (χ2n) is 4.39. The topological polar surface area (TPSA) is 37.3 Å². The van der Waals surface area contributed by atoms with Crippen LogP contribution < -0.4 is 0 Å². The molecule has 0 radical (unpaired) electrons. The van der Waals surface area contributed by atoms with E-state index in [1.807, 2.05) is 12.2 Å². The fraction of sp³-hybridized carbons (Fsp3) is 0.667. The van der Waals surface area contributed by atoms with Crippen LogP contribution in [0, 0.1) is 0 Å². The van der Waals surface area contributed by atoms with Gasteiger partial charge in [-0.25, -0.2) is 0 Å². The summed E-state index contributed by atoms with van der Waals surface area (Å²) in [4.78, 5) is 10.2. The minimum atomic E-state index is -0.714. The molecule has 0 saturated carbocycles. The summed E-state index contributed by atoms with van der Waals surface area (Å²) in [6, 6.07) is 0. The number of unbranched alkanes of at least 4 members (excludes halogenated alkanes) is 7. The first-order valence-corrected chi connectivity index (χ1v) is 6.75. The molecule has 0 aliphatic heterocycles. The van der Waals surface area contributed by atoms with Gasteiger partial charge < -0.3 is 5.11 Å². The van der Waals surface area contributed by atoms with Crippen LogP contribution in [-0.4, -0.2) is 11.1 Å². The monoisotopic (exact) mass is 238 g/mol. The van der Waals surface area contributed by atoms with Gasteiger partial charge >= 0.3 is 5.97 Å². The van der Waals surface area contributed by atoms with Crippen molar-refractivity contribution in [1.82, 2.24) is 0 Å². The summed E-state index contributed by atoms with van der Waals surface area (Å²) < 4.78 is 0. The van der Waals surface area contributed by atoms with Gasteiger partial charge in [0.15, 0.2) is 0 Å². The zero-order valence-electron chi connectivity index (χ0n) is 10.9. The number of hydrogen-bond acceptors (Lipinski definition) is 1. The molecule has 0 saturated heterocycles. The highest BCUT2D eigenvalue weighted by Gasteiger charge is 1.92. The van der Waals surface area contributed by atoms with E-state index in [-0.39, 0.29) is 6.42 Å². The Hall–Kier alpha value is -1.05. The summed E-state index contributed by atoms with van der Waals surface area (Å²) in [5.41, 5.74) is 0. The molecule has 0 aliphatic carbocycles. The van der Waals surface area contributed by atoms with E-state index < -0.39 is 5.97 Å². The van der Waals surface area contributed by atoms with E-state index in [1.54, 1.807) is 0 Å². The Morgan fingerprint density at radius 1 is 0.882 bits per heavy atom. The summed E-state index contributed by atoms with van der Waals surface area (Å²) in [6.07, 6.45) is 17.0. The average Bonchev–Trinajstić information content (AvgIpc) is 2.30. The summed E-state index contributed by atoms with van der Waals surface area (Å²) in [5, 5.41) is 8.43. The summed E-state index contributed by atoms with van der Waals surface area (Å²) in [6.45, 7) is 3.71. The molecule has 0 unspecified atom stereocenters. The molecule has 0 spiro atoms. The van der Waals surface area contributed by atoms with Gasteiger partial charge in [-0.05, 0) is 32.1 Å². The van der Waals surface area contributed by atoms with Crippen molar-refractivity contribution in [1.29, 1.82) is 0 Å². The van der Waals surface area contributed by atoms with Gasteiger partial charge in [-0.2, -0.15) is 0 Å². The summed E-state index contributed by atoms with van der Waals surface area (Å²) in [7, 11) is 0. The van der Waals surface area contributed by atoms with Crippen molar-refractivity contribution < 1.29 is 9.90 Å². The molecule has 0 fully saturated rings. The average molecular weight is 238 g/mol. The van der Waals surface area contributed by atoms with Crippen molar-refractivity contribution >= 4 is 5.97 Å². The Labute approximate surface area is 105 Å². The van der Waals surface area contributed by atoms with Crippen LogP contribution in [0.25, 0.3) is 0 Å². The number of hydrogen-bond donors (Lipinski definition) is 1. The molecule has 0 aromatic rings. The second kappa shape index (κ2) is 13.0. The predicted octanol–water partition coefficient (Wildman–Crippen LogP) is 4.71. The fourth-order valence-corrected chi connectivity index (χ4v) is 1.70. The normalized spacial score (nSPS) is 10.8. The maximum absolute atomic E-state index is 10.2. The van der Waals surface area contributed by atoms with Crippen molar-refractivity contribution in [3.8, 4) is 0 Å². The first-order chi connectivity index (χ1) is 8.27. The third kappa shape index (κ3) is 14.9. The lowest BCUT2D eigenvalue weighted by molar-refractivity contribution is -0.136. The zero-order chi connectivity index (χ0) is 12.8. The van der Waals surface area contributed by atoms with E-state index in [2.05, 4.69) is 12.7 Å². The van der Waals surface area contributed by atoms with Crippen LogP contribution in [0.1, 0.15) is 64.2 Å². The minimum absolute atomic E-state index is 0.250. The first kappa shape index (κ1) is 16.0. The lowest BCUT2D eigenvalue weighted by atomic mass is 10.1. The minimum Gasteiger partial charge on any atom is -0.481 e. The van der Waals surface area contributed by atoms with E-state index in [4.69, 9.17) is 5.11 Å². The van der Waals surface area contributed by atoms with E-state index in [0.717, 1.165) is 12.8 Å². The van der Waals surface area contributed by atoms with Gasteiger partial charge in [-0.3, -0.25) is 4.79 Å². The van der Waals surface area contributed by atoms with Crippen LogP contribution in [-0.2, 0) is 4.79 Å². The van der Waals surface area contributed by atoms with Crippen LogP contribution in [0.5, 0.6) is 0 Å². The Balaban J connectivity index is 3.07. The zero-order valence-corrected chi connectivity index (χ0v) is 10.9. The van der Waals surface area contributed by atoms with Crippen LogP contribution in [0.2, 0.25) is 0 Å². The number of carbonyl (C=O) groups is 1. The van der Waals surface area contributed by atoms with Crippen LogP contribution in [0.15, 0.2) is 24.8 Å². The number of carboxylic acid groups (broad SMARTS) is 1. The maximum atomic E-state index is 10.2. The number of aliphatic carboxylic acids is 1. The summed E-state index contributed by atoms with van der Waals surface area (Å²) >= 11 is 0. The molecule has 2 heteroatoms. The van der Waals surface area contributed by atoms with Crippen molar-refractivity contribution in [2.45, 2.75) is 64.2 Å². The Morgan fingerprint density at radius 3 is 2.00 bits per heavy atom. The van der Waals surface area contributed by atoms with Gasteiger partial charge in [0, 0.05) is 6.42 Å². The molecule has 1 N–H and O–H groups in total. The van der Waals surface area contributed by atoms with Gasteiger partial charge in [0.05, 0.1) is 0 Å². The third-order valence-electron chi connectivity index (χ3n) is 2.72. The quantitative estimate of drug-likeness (QED) is 0.395. The van der Waals surface area contributed by atoms with Gasteiger partial charge in [-0.15, -0.1) is 6.58 Å². The van der Waals surface area contributed by atoms with Gasteiger partial charge in [0.2, 0.25) is 0 Å². The second-order valence-corrected chi connectivity index (χ2v) is 4.39. The molecular weight excluding hydrogens is 212 g/mol.